The summed E-state index contributed by atoms with van der Waals surface area (Å²) in [6, 6.07) is 13.2. The molecule has 0 bridgehead atoms. The highest BCUT2D eigenvalue weighted by Gasteiger charge is 2.46. The first-order valence-corrected chi connectivity index (χ1v) is 10.4. The number of pyridine rings is 2. The average Bonchev–Trinajstić information content (AvgIpc) is 3.09. The normalized spacial score (nSPS) is 17.5. The number of aliphatic hydroxyl groups excluding tert-OH is 1. The van der Waals surface area contributed by atoms with E-state index in [2.05, 4.69) is 9.97 Å². The van der Waals surface area contributed by atoms with E-state index in [0.29, 0.717) is 23.5 Å². The third-order valence-electron chi connectivity index (χ3n) is 5.24. The van der Waals surface area contributed by atoms with Crippen molar-refractivity contribution in [1.82, 2.24) is 14.9 Å². The quantitative estimate of drug-likeness (QED) is 0.348. The summed E-state index contributed by atoms with van der Waals surface area (Å²) in [6.07, 6.45) is 7.37. The first-order chi connectivity index (χ1) is 15.6. The van der Waals surface area contributed by atoms with Crippen LogP contribution in [-0.2, 0) is 16.1 Å². The summed E-state index contributed by atoms with van der Waals surface area (Å²) >= 11 is 0. The Morgan fingerprint density at radius 3 is 2.44 bits per heavy atom. The SMILES string of the molecule is CCCOc1ccc(/C(O)=C2/C(=O)C(=O)N(Cc3ccncc3)C2c2cccnc2)cc1. The molecule has 0 saturated carbocycles. The monoisotopic (exact) mass is 429 g/mol. The van der Waals surface area contributed by atoms with Gasteiger partial charge in [0.05, 0.1) is 18.2 Å². The van der Waals surface area contributed by atoms with Crippen LogP contribution in [0, 0.1) is 0 Å². The van der Waals surface area contributed by atoms with Gasteiger partial charge in [-0.1, -0.05) is 13.0 Å². The molecular formula is C25H23N3O4. The van der Waals surface area contributed by atoms with Gasteiger partial charge in [0.25, 0.3) is 11.7 Å². The van der Waals surface area contributed by atoms with Crippen LogP contribution < -0.4 is 4.74 Å². The predicted octanol–water partition coefficient (Wildman–Crippen LogP) is 3.89. The fraction of sp³-hybridized carbons (Fsp3) is 0.200. The summed E-state index contributed by atoms with van der Waals surface area (Å²) in [5, 5.41) is 11.1. The number of amides is 1. The molecule has 1 saturated heterocycles. The number of carbonyl (C=O) groups is 2. The molecule has 0 radical (unpaired) electrons. The highest BCUT2D eigenvalue weighted by molar-refractivity contribution is 6.46. The number of rotatable bonds is 7. The first-order valence-electron chi connectivity index (χ1n) is 10.4. The van der Waals surface area contributed by atoms with Gasteiger partial charge in [-0.25, -0.2) is 0 Å². The topological polar surface area (TPSA) is 92.6 Å². The maximum atomic E-state index is 13.0. The molecule has 1 amide bonds. The minimum Gasteiger partial charge on any atom is -0.507 e. The molecule has 1 N–H and O–H groups in total. The number of carbonyl (C=O) groups excluding carboxylic acids is 2. The van der Waals surface area contributed by atoms with Crippen LogP contribution in [-0.4, -0.2) is 38.3 Å². The molecule has 7 nitrogen and oxygen atoms in total. The van der Waals surface area contributed by atoms with Gasteiger partial charge >= 0.3 is 0 Å². The number of hydrogen-bond donors (Lipinski definition) is 1. The van der Waals surface area contributed by atoms with E-state index >= 15 is 0 Å². The van der Waals surface area contributed by atoms with E-state index in [1.165, 1.54) is 4.90 Å². The van der Waals surface area contributed by atoms with Gasteiger partial charge in [-0.2, -0.15) is 0 Å². The van der Waals surface area contributed by atoms with Crippen molar-refractivity contribution in [1.29, 1.82) is 0 Å². The molecule has 1 atom stereocenters. The lowest BCUT2D eigenvalue weighted by Gasteiger charge is -2.25. The number of ether oxygens (including phenoxy) is 1. The number of aliphatic hydroxyl groups is 1. The second-order valence-corrected chi connectivity index (χ2v) is 7.44. The molecule has 7 heteroatoms. The van der Waals surface area contributed by atoms with Crippen LogP contribution in [0.15, 0.2) is 78.9 Å². The molecule has 2 aromatic heterocycles. The molecule has 1 aliphatic rings. The first kappa shape index (κ1) is 21.2. The standard InChI is InChI=1S/C25H23N3O4/c1-2-14-32-20-7-5-18(6-8-20)23(29)21-22(19-4-3-11-27-15-19)28(25(31)24(21)30)16-17-9-12-26-13-10-17/h3-13,15,22,29H,2,14,16H2,1H3/b23-21-. The van der Waals surface area contributed by atoms with Gasteiger partial charge in [0.15, 0.2) is 0 Å². The zero-order valence-corrected chi connectivity index (χ0v) is 17.6. The number of likely N-dealkylation sites (tertiary alicyclic amines) is 1. The molecule has 1 aromatic carbocycles. The highest BCUT2D eigenvalue weighted by atomic mass is 16.5. The van der Waals surface area contributed by atoms with E-state index in [-0.39, 0.29) is 17.9 Å². The predicted molar refractivity (Wildman–Crippen MR) is 119 cm³/mol. The Morgan fingerprint density at radius 1 is 1.03 bits per heavy atom. The van der Waals surface area contributed by atoms with Crippen molar-refractivity contribution >= 4 is 17.4 Å². The van der Waals surface area contributed by atoms with Gasteiger partial charge < -0.3 is 14.7 Å². The van der Waals surface area contributed by atoms with Crippen molar-refractivity contribution in [2.45, 2.75) is 25.9 Å². The second-order valence-electron chi connectivity index (χ2n) is 7.44. The number of benzene rings is 1. The van der Waals surface area contributed by atoms with E-state index in [0.717, 1.165) is 12.0 Å². The summed E-state index contributed by atoms with van der Waals surface area (Å²) in [5.41, 5.74) is 1.95. The maximum Gasteiger partial charge on any atom is 0.295 e. The Kier molecular flexibility index (Phi) is 6.26. The van der Waals surface area contributed by atoms with Crippen LogP contribution in [0.3, 0.4) is 0 Å². The Balaban J connectivity index is 1.76. The number of Topliss-reactive ketones (excluding diaryl/α,β-unsaturated/α-hetero) is 1. The average molecular weight is 429 g/mol. The van der Waals surface area contributed by atoms with Crippen LogP contribution in [0.1, 0.15) is 36.1 Å². The lowest BCUT2D eigenvalue weighted by molar-refractivity contribution is -0.140. The smallest absolute Gasteiger partial charge is 0.295 e. The van der Waals surface area contributed by atoms with E-state index in [1.54, 1.807) is 73.3 Å². The number of ketones is 1. The summed E-state index contributed by atoms with van der Waals surface area (Å²) < 4.78 is 5.59. The largest absolute Gasteiger partial charge is 0.507 e. The molecule has 162 valence electrons. The van der Waals surface area contributed by atoms with Crippen molar-refractivity contribution in [2.75, 3.05) is 6.61 Å². The molecule has 1 fully saturated rings. The molecule has 1 unspecified atom stereocenters. The summed E-state index contributed by atoms with van der Waals surface area (Å²) in [5.74, 6) is -0.946. The highest BCUT2D eigenvalue weighted by Crippen LogP contribution is 2.40. The summed E-state index contributed by atoms with van der Waals surface area (Å²) in [7, 11) is 0. The lowest BCUT2D eigenvalue weighted by atomic mass is 9.96. The van der Waals surface area contributed by atoms with Crippen molar-refractivity contribution in [3.63, 3.8) is 0 Å². The van der Waals surface area contributed by atoms with E-state index in [9.17, 15) is 14.7 Å². The maximum absolute atomic E-state index is 13.0. The minimum atomic E-state index is -0.757. The van der Waals surface area contributed by atoms with Crippen LogP contribution in [0.4, 0.5) is 0 Å². The van der Waals surface area contributed by atoms with Gasteiger partial charge in [0, 0.05) is 36.9 Å². The molecule has 32 heavy (non-hydrogen) atoms. The Hall–Kier alpha value is -4.00. The van der Waals surface area contributed by atoms with Gasteiger partial charge in [-0.15, -0.1) is 0 Å². The van der Waals surface area contributed by atoms with Gasteiger partial charge in [0.1, 0.15) is 11.5 Å². The van der Waals surface area contributed by atoms with E-state index in [4.69, 9.17) is 4.74 Å². The molecular weight excluding hydrogens is 406 g/mol. The minimum absolute atomic E-state index is 0.0410. The van der Waals surface area contributed by atoms with Crippen molar-refractivity contribution < 1.29 is 19.4 Å². The number of nitrogens with zero attached hydrogens (tertiary/aromatic N) is 3. The van der Waals surface area contributed by atoms with Crippen LogP contribution in [0.2, 0.25) is 0 Å². The Labute approximate surface area is 186 Å². The zero-order chi connectivity index (χ0) is 22.5. The van der Waals surface area contributed by atoms with Crippen molar-refractivity contribution in [3.05, 3.63) is 95.6 Å². The fourth-order valence-electron chi connectivity index (χ4n) is 3.70. The fourth-order valence-corrected chi connectivity index (χ4v) is 3.70. The number of aromatic nitrogens is 2. The second kappa shape index (κ2) is 9.43. The van der Waals surface area contributed by atoms with Crippen LogP contribution >= 0.6 is 0 Å². The molecule has 3 aromatic rings. The number of hydrogen-bond acceptors (Lipinski definition) is 6. The van der Waals surface area contributed by atoms with E-state index in [1.807, 2.05) is 6.92 Å². The third-order valence-corrected chi connectivity index (χ3v) is 5.24. The van der Waals surface area contributed by atoms with Crippen molar-refractivity contribution in [3.8, 4) is 5.75 Å². The molecule has 1 aliphatic heterocycles. The molecule has 4 rings (SSSR count). The van der Waals surface area contributed by atoms with Crippen molar-refractivity contribution in [2.24, 2.45) is 0 Å². The van der Waals surface area contributed by atoms with Crippen LogP contribution in [0.5, 0.6) is 5.75 Å². The lowest BCUT2D eigenvalue weighted by Crippen LogP contribution is -2.29. The van der Waals surface area contributed by atoms with Gasteiger partial charge in [0.2, 0.25) is 0 Å². The zero-order valence-electron chi connectivity index (χ0n) is 17.6. The molecule has 0 aliphatic carbocycles. The van der Waals surface area contributed by atoms with Crippen LogP contribution in [0.25, 0.3) is 5.76 Å². The third kappa shape index (κ3) is 4.23. The van der Waals surface area contributed by atoms with Gasteiger partial charge in [-0.05, 0) is 60.0 Å². The molecule has 0 spiro atoms. The van der Waals surface area contributed by atoms with E-state index < -0.39 is 17.7 Å². The Bertz CT molecular complexity index is 1130. The summed E-state index contributed by atoms with van der Waals surface area (Å²) in [4.78, 5) is 35.6. The van der Waals surface area contributed by atoms with Gasteiger partial charge in [-0.3, -0.25) is 19.6 Å². The summed E-state index contributed by atoms with van der Waals surface area (Å²) in [6.45, 7) is 2.81. The molecule has 3 heterocycles. The Morgan fingerprint density at radius 2 is 1.78 bits per heavy atom.